The van der Waals surface area contributed by atoms with Gasteiger partial charge < -0.3 is 9.47 Å². The Kier molecular flexibility index (Phi) is 8.31. The maximum absolute atomic E-state index is 12.9. The smallest absolute Gasteiger partial charge is 0.291 e. The minimum absolute atomic E-state index is 0.158. The van der Waals surface area contributed by atoms with Gasteiger partial charge in [-0.3, -0.25) is 4.79 Å². The second-order valence-corrected chi connectivity index (χ2v) is 9.26. The van der Waals surface area contributed by atoms with Crippen molar-refractivity contribution in [3.8, 4) is 22.9 Å². The van der Waals surface area contributed by atoms with Crippen LogP contribution in [0.2, 0.25) is 0 Å². The number of thiazole rings is 1. The fourth-order valence-corrected chi connectivity index (χ4v) is 4.43. The molecule has 0 saturated carbocycles. The van der Waals surface area contributed by atoms with Crippen molar-refractivity contribution in [2.45, 2.75) is 52.4 Å². The van der Waals surface area contributed by atoms with E-state index in [4.69, 9.17) is 9.47 Å². The van der Waals surface area contributed by atoms with Gasteiger partial charge >= 0.3 is 0 Å². The average molecular weight is 478 g/mol. The molecule has 4 rings (SSSR count). The molecule has 0 saturated heterocycles. The third-order valence-electron chi connectivity index (χ3n) is 5.51. The Hall–Kier alpha value is -3.19. The highest BCUT2D eigenvalue weighted by molar-refractivity contribution is 7.15. The molecule has 4 aromatic rings. The van der Waals surface area contributed by atoms with Crippen LogP contribution in [0, 0.1) is 0 Å². The summed E-state index contributed by atoms with van der Waals surface area (Å²) in [5.74, 6) is 2.22. The Balaban J connectivity index is 1.44. The molecule has 0 aliphatic rings. The maximum Gasteiger partial charge on any atom is 0.291 e. The zero-order valence-electron chi connectivity index (χ0n) is 19.8. The molecule has 0 aliphatic carbocycles. The normalized spacial score (nSPS) is 11.9. The van der Waals surface area contributed by atoms with Crippen LogP contribution in [0.25, 0.3) is 22.4 Å². The second kappa shape index (κ2) is 11.8. The van der Waals surface area contributed by atoms with Gasteiger partial charge in [0.1, 0.15) is 11.5 Å². The van der Waals surface area contributed by atoms with Gasteiger partial charge in [-0.05, 0) is 60.9 Å². The third kappa shape index (κ3) is 6.03. The van der Waals surface area contributed by atoms with Crippen LogP contribution in [0.15, 0.2) is 53.3 Å². The molecule has 0 atom stereocenters. The van der Waals surface area contributed by atoms with Crippen LogP contribution in [-0.2, 0) is 0 Å². The summed E-state index contributed by atoms with van der Waals surface area (Å²) >= 11 is 1.34. The molecule has 7 heteroatoms. The van der Waals surface area contributed by atoms with Crippen LogP contribution in [0.1, 0.15) is 57.9 Å². The largest absolute Gasteiger partial charge is 0.494 e. The van der Waals surface area contributed by atoms with Gasteiger partial charge in [-0.25, -0.2) is 0 Å². The number of nitrogens with zero attached hydrogens (tertiary/aromatic N) is 3. The van der Waals surface area contributed by atoms with Gasteiger partial charge in [0, 0.05) is 5.56 Å². The monoisotopic (exact) mass is 477 g/mol. The number of fused-ring (bicyclic) bond motifs is 1. The molecule has 0 fully saturated rings. The fourth-order valence-electron chi connectivity index (χ4n) is 3.52. The van der Waals surface area contributed by atoms with Crippen molar-refractivity contribution in [1.82, 2.24) is 14.6 Å². The van der Waals surface area contributed by atoms with Gasteiger partial charge in [0.05, 0.1) is 17.7 Å². The van der Waals surface area contributed by atoms with Gasteiger partial charge in [0.2, 0.25) is 4.96 Å². The van der Waals surface area contributed by atoms with Gasteiger partial charge in [-0.15, -0.1) is 5.10 Å². The van der Waals surface area contributed by atoms with Crippen molar-refractivity contribution in [2.24, 2.45) is 0 Å². The lowest BCUT2D eigenvalue weighted by Gasteiger charge is -2.06. The first-order chi connectivity index (χ1) is 16.7. The Labute approximate surface area is 203 Å². The van der Waals surface area contributed by atoms with E-state index in [9.17, 15) is 4.79 Å². The number of ether oxygens (including phenoxy) is 2. The van der Waals surface area contributed by atoms with Crippen LogP contribution in [0.4, 0.5) is 0 Å². The summed E-state index contributed by atoms with van der Waals surface area (Å²) in [5, 5.41) is 4.45. The van der Waals surface area contributed by atoms with E-state index in [2.05, 4.69) is 23.9 Å². The van der Waals surface area contributed by atoms with Crippen LogP contribution in [0.3, 0.4) is 0 Å². The molecule has 0 amide bonds. The van der Waals surface area contributed by atoms with E-state index in [1.165, 1.54) is 35.1 Å². The van der Waals surface area contributed by atoms with Crippen molar-refractivity contribution in [2.75, 3.05) is 13.2 Å². The zero-order chi connectivity index (χ0) is 23.8. The molecule has 0 spiro atoms. The topological polar surface area (TPSA) is 65.7 Å². The minimum Gasteiger partial charge on any atom is -0.494 e. The summed E-state index contributed by atoms with van der Waals surface area (Å²) in [6, 6.07) is 15.5. The third-order valence-corrected chi connectivity index (χ3v) is 6.46. The maximum atomic E-state index is 12.9. The zero-order valence-corrected chi connectivity index (χ0v) is 20.6. The SMILES string of the molecule is CCCCCCOc1ccc(-c2nc3sc(=Cc4ccc(OCCCC)cc4)c(=O)n3n2)cc1. The van der Waals surface area contributed by atoms with E-state index >= 15 is 0 Å². The van der Waals surface area contributed by atoms with Crippen molar-refractivity contribution in [3.05, 3.63) is 69.0 Å². The van der Waals surface area contributed by atoms with E-state index in [-0.39, 0.29) is 5.56 Å². The highest BCUT2D eigenvalue weighted by atomic mass is 32.1. The Morgan fingerprint density at radius 2 is 1.50 bits per heavy atom. The predicted octanol–water partition coefficient (Wildman–Crippen LogP) is 5.50. The summed E-state index contributed by atoms with van der Waals surface area (Å²) in [4.78, 5) is 18.0. The quantitative estimate of drug-likeness (QED) is 0.252. The summed E-state index contributed by atoms with van der Waals surface area (Å²) in [5.41, 5.74) is 1.64. The number of hydrogen-bond acceptors (Lipinski definition) is 6. The first-order valence-electron chi connectivity index (χ1n) is 12.1. The molecule has 178 valence electrons. The highest BCUT2D eigenvalue weighted by Crippen LogP contribution is 2.21. The molecule has 0 unspecified atom stereocenters. The highest BCUT2D eigenvalue weighted by Gasteiger charge is 2.12. The number of unbranched alkanes of at least 4 members (excludes halogenated alkanes) is 4. The second-order valence-electron chi connectivity index (χ2n) is 8.25. The predicted molar refractivity (Wildman–Crippen MR) is 138 cm³/mol. The van der Waals surface area contributed by atoms with E-state index in [0.29, 0.717) is 15.3 Å². The van der Waals surface area contributed by atoms with Gasteiger partial charge in [0.15, 0.2) is 5.82 Å². The molecular weight excluding hydrogens is 446 g/mol. The van der Waals surface area contributed by atoms with Crippen molar-refractivity contribution >= 4 is 22.4 Å². The lowest BCUT2D eigenvalue weighted by molar-refractivity contribution is 0.305. The van der Waals surface area contributed by atoms with Gasteiger partial charge in [-0.2, -0.15) is 9.50 Å². The van der Waals surface area contributed by atoms with Gasteiger partial charge in [-0.1, -0.05) is 63.0 Å². The fraction of sp³-hybridized carbons (Fsp3) is 0.370. The van der Waals surface area contributed by atoms with Crippen LogP contribution in [0.5, 0.6) is 11.5 Å². The molecular formula is C27H31N3O3S. The van der Waals surface area contributed by atoms with E-state index in [0.717, 1.165) is 55.1 Å². The Morgan fingerprint density at radius 3 is 2.15 bits per heavy atom. The molecule has 0 bridgehead atoms. The summed E-state index contributed by atoms with van der Waals surface area (Å²) in [6.07, 6.45) is 8.73. The molecule has 2 aromatic carbocycles. The molecule has 0 N–H and O–H groups in total. The average Bonchev–Trinajstić information content (AvgIpc) is 3.40. The van der Waals surface area contributed by atoms with E-state index in [1.807, 2.05) is 54.6 Å². The number of aromatic nitrogens is 3. The molecule has 0 radical (unpaired) electrons. The summed E-state index contributed by atoms with van der Waals surface area (Å²) < 4.78 is 13.5. The number of benzene rings is 2. The van der Waals surface area contributed by atoms with Crippen LogP contribution < -0.4 is 19.6 Å². The first-order valence-corrected chi connectivity index (χ1v) is 12.9. The number of hydrogen-bond donors (Lipinski definition) is 0. The summed E-state index contributed by atoms with van der Waals surface area (Å²) in [6.45, 7) is 5.78. The molecule has 6 nitrogen and oxygen atoms in total. The molecule has 2 heterocycles. The van der Waals surface area contributed by atoms with E-state index < -0.39 is 0 Å². The Morgan fingerprint density at radius 1 is 0.853 bits per heavy atom. The lowest BCUT2D eigenvalue weighted by Crippen LogP contribution is -2.23. The lowest BCUT2D eigenvalue weighted by atomic mass is 10.2. The van der Waals surface area contributed by atoms with Crippen molar-refractivity contribution < 1.29 is 9.47 Å². The summed E-state index contributed by atoms with van der Waals surface area (Å²) in [7, 11) is 0. The van der Waals surface area contributed by atoms with E-state index in [1.54, 1.807) is 0 Å². The van der Waals surface area contributed by atoms with Crippen LogP contribution in [-0.4, -0.2) is 27.8 Å². The van der Waals surface area contributed by atoms with Crippen molar-refractivity contribution in [3.63, 3.8) is 0 Å². The first kappa shape index (κ1) is 24.0. The van der Waals surface area contributed by atoms with Crippen molar-refractivity contribution in [1.29, 1.82) is 0 Å². The van der Waals surface area contributed by atoms with Crippen LogP contribution >= 0.6 is 11.3 Å². The molecule has 0 aliphatic heterocycles. The molecule has 34 heavy (non-hydrogen) atoms. The standard InChI is InChI=1S/C27H31N3O3S/c1-3-5-7-8-18-33-23-15-11-21(12-16-23)25-28-27-30(29-25)26(31)24(34-27)19-20-9-13-22(14-10-20)32-17-6-4-2/h9-16,19H,3-8,17-18H2,1-2H3. The van der Waals surface area contributed by atoms with Gasteiger partial charge in [0.25, 0.3) is 5.56 Å². The number of rotatable bonds is 12. The minimum atomic E-state index is -0.158. The Bertz CT molecular complexity index is 1290. The molecule has 2 aromatic heterocycles.